The standard InChI is InChI=1S/C11H20N4O/c1-9(2)6-13-11(16)8-12-7-10-4-5-14-15(10)3/h4-5,9,12H,6-8H2,1-3H3,(H,13,16). The zero-order valence-corrected chi connectivity index (χ0v) is 10.2. The van der Waals surface area contributed by atoms with Gasteiger partial charge in [-0.05, 0) is 12.0 Å². The number of rotatable bonds is 6. The highest BCUT2D eigenvalue weighted by Gasteiger charge is 2.02. The Bertz CT molecular complexity index is 332. The van der Waals surface area contributed by atoms with Crippen LogP contribution >= 0.6 is 0 Å². The molecule has 1 amide bonds. The van der Waals surface area contributed by atoms with E-state index in [0.29, 0.717) is 19.0 Å². The molecule has 1 aromatic rings. The topological polar surface area (TPSA) is 59.0 Å². The normalized spacial score (nSPS) is 10.8. The van der Waals surface area contributed by atoms with Gasteiger partial charge in [-0.2, -0.15) is 5.10 Å². The lowest BCUT2D eigenvalue weighted by Crippen LogP contribution is -2.35. The molecular weight excluding hydrogens is 204 g/mol. The number of nitrogens with one attached hydrogen (secondary N) is 2. The van der Waals surface area contributed by atoms with Crippen molar-refractivity contribution in [2.75, 3.05) is 13.1 Å². The van der Waals surface area contributed by atoms with Gasteiger partial charge >= 0.3 is 0 Å². The third-order valence-electron chi connectivity index (χ3n) is 2.22. The molecule has 0 radical (unpaired) electrons. The fourth-order valence-electron chi connectivity index (χ4n) is 1.26. The maximum atomic E-state index is 11.4. The lowest BCUT2D eigenvalue weighted by atomic mass is 10.2. The van der Waals surface area contributed by atoms with E-state index in [4.69, 9.17) is 0 Å². The van der Waals surface area contributed by atoms with Gasteiger partial charge in [0.25, 0.3) is 0 Å². The first-order valence-electron chi connectivity index (χ1n) is 5.54. The molecule has 90 valence electrons. The zero-order valence-electron chi connectivity index (χ0n) is 10.2. The first kappa shape index (κ1) is 12.7. The Morgan fingerprint density at radius 1 is 1.56 bits per heavy atom. The van der Waals surface area contributed by atoms with Gasteiger partial charge in [0.1, 0.15) is 0 Å². The molecule has 0 aliphatic rings. The van der Waals surface area contributed by atoms with Gasteiger partial charge < -0.3 is 10.6 Å². The summed E-state index contributed by atoms with van der Waals surface area (Å²) in [7, 11) is 1.88. The molecule has 0 atom stereocenters. The number of hydrogen-bond acceptors (Lipinski definition) is 3. The van der Waals surface area contributed by atoms with Crippen LogP contribution in [0.25, 0.3) is 0 Å². The molecule has 2 N–H and O–H groups in total. The second kappa shape index (κ2) is 6.27. The van der Waals surface area contributed by atoms with Crippen molar-refractivity contribution < 1.29 is 4.79 Å². The molecule has 0 bridgehead atoms. The van der Waals surface area contributed by atoms with E-state index in [0.717, 1.165) is 12.2 Å². The van der Waals surface area contributed by atoms with Crippen molar-refractivity contribution in [2.45, 2.75) is 20.4 Å². The van der Waals surface area contributed by atoms with E-state index in [-0.39, 0.29) is 5.91 Å². The van der Waals surface area contributed by atoms with E-state index in [1.54, 1.807) is 10.9 Å². The van der Waals surface area contributed by atoms with Crippen molar-refractivity contribution in [3.8, 4) is 0 Å². The first-order valence-corrected chi connectivity index (χ1v) is 5.54. The van der Waals surface area contributed by atoms with Crippen molar-refractivity contribution in [2.24, 2.45) is 13.0 Å². The van der Waals surface area contributed by atoms with Crippen LogP contribution in [0.1, 0.15) is 19.5 Å². The number of hydrogen-bond donors (Lipinski definition) is 2. The van der Waals surface area contributed by atoms with Gasteiger partial charge in [0.15, 0.2) is 0 Å². The van der Waals surface area contributed by atoms with E-state index >= 15 is 0 Å². The fraction of sp³-hybridized carbons (Fsp3) is 0.636. The number of amides is 1. The fourth-order valence-corrected chi connectivity index (χ4v) is 1.26. The Hall–Kier alpha value is -1.36. The maximum absolute atomic E-state index is 11.4. The Kier molecular flexibility index (Phi) is 4.98. The van der Waals surface area contributed by atoms with E-state index < -0.39 is 0 Å². The molecule has 5 nitrogen and oxygen atoms in total. The molecule has 0 aliphatic carbocycles. The van der Waals surface area contributed by atoms with Crippen LogP contribution in [0, 0.1) is 5.92 Å². The molecule has 0 spiro atoms. The van der Waals surface area contributed by atoms with E-state index in [1.165, 1.54) is 0 Å². The summed E-state index contributed by atoms with van der Waals surface area (Å²) >= 11 is 0. The predicted octanol–water partition coefficient (Wildman–Crippen LogP) is 0.282. The van der Waals surface area contributed by atoms with E-state index in [2.05, 4.69) is 29.6 Å². The molecule has 0 unspecified atom stereocenters. The Labute approximate surface area is 96.2 Å². The highest BCUT2D eigenvalue weighted by Crippen LogP contribution is 1.94. The summed E-state index contributed by atoms with van der Waals surface area (Å²) in [5.41, 5.74) is 1.07. The molecule has 16 heavy (non-hydrogen) atoms. The van der Waals surface area contributed by atoms with Crippen LogP contribution in [0.5, 0.6) is 0 Å². The van der Waals surface area contributed by atoms with Crippen molar-refractivity contribution >= 4 is 5.91 Å². The van der Waals surface area contributed by atoms with Gasteiger partial charge in [-0.15, -0.1) is 0 Å². The molecular formula is C11H20N4O. The third kappa shape index (κ3) is 4.44. The molecule has 1 aromatic heterocycles. The summed E-state index contributed by atoms with van der Waals surface area (Å²) in [5.74, 6) is 0.525. The molecule has 0 saturated heterocycles. The number of nitrogens with zero attached hydrogens (tertiary/aromatic N) is 2. The lowest BCUT2D eigenvalue weighted by molar-refractivity contribution is -0.120. The van der Waals surface area contributed by atoms with Crippen LogP contribution in [0.3, 0.4) is 0 Å². The monoisotopic (exact) mass is 224 g/mol. The van der Waals surface area contributed by atoms with Crippen molar-refractivity contribution in [3.63, 3.8) is 0 Å². The van der Waals surface area contributed by atoms with Gasteiger partial charge in [-0.25, -0.2) is 0 Å². The summed E-state index contributed by atoms with van der Waals surface area (Å²) in [6.07, 6.45) is 1.75. The number of aromatic nitrogens is 2. The summed E-state index contributed by atoms with van der Waals surface area (Å²) in [6.45, 7) is 5.88. The van der Waals surface area contributed by atoms with Gasteiger partial charge in [0, 0.05) is 26.3 Å². The molecule has 0 aromatic carbocycles. The van der Waals surface area contributed by atoms with Crippen LogP contribution in [0.2, 0.25) is 0 Å². The summed E-state index contributed by atoms with van der Waals surface area (Å²) in [4.78, 5) is 11.4. The highest BCUT2D eigenvalue weighted by molar-refractivity contribution is 5.77. The minimum Gasteiger partial charge on any atom is -0.355 e. The molecule has 1 heterocycles. The number of carbonyl (C=O) groups is 1. The first-order chi connectivity index (χ1) is 7.59. The van der Waals surface area contributed by atoms with Crippen molar-refractivity contribution in [1.29, 1.82) is 0 Å². The number of carbonyl (C=O) groups excluding carboxylic acids is 1. The van der Waals surface area contributed by atoms with E-state index in [9.17, 15) is 4.79 Å². The SMILES string of the molecule is CC(C)CNC(=O)CNCc1ccnn1C. The average Bonchev–Trinajstić information content (AvgIpc) is 2.61. The van der Waals surface area contributed by atoms with Gasteiger partial charge in [0.05, 0.1) is 12.2 Å². The van der Waals surface area contributed by atoms with Crippen LogP contribution < -0.4 is 10.6 Å². The Morgan fingerprint density at radius 3 is 2.88 bits per heavy atom. The third-order valence-corrected chi connectivity index (χ3v) is 2.22. The highest BCUT2D eigenvalue weighted by atomic mass is 16.1. The second-order valence-corrected chi connectivity index (χ2v) is 4.25. The van der Waals surface area contributed by atoms with Crippen molar-refractivity contribution in [3.05, 3.63) is 18.0 Å². The molecule has 5 heteroatoms. The summed E-state index contributed by atoms with van der Waals surface area (Å²) in [6, 6.07) is 1.93. The zero-order chi connectivity index (χ0) is 12.0. The Morgan fingerprint density at radius 2 is 2.31 bits per heavy atom. The second-order valence-electron chi connectivity index (χ2n) is 4.25. The molecule has 0 fully saturated rings. The minimum absolute atomic E-state index is 0.0378. The largest absolute Gasteiger partial charge is 0.355 e. The van der Waals surface area contributed by atoms with Crippen LogP contribution in [0.4, 0.5) is 0 Å². The summed E-state index contributed by atoms with van der Waals surface area (Å²) in [5, 5.41) is 9.98. The molecule has 0 aliphatic heterocycles. The minimum atomic E-state index is 0.0378. The van der Waals surface area contributed by atoms with Gasteiger partial charge in [0.2, 0.25) is 5.91 Å². The van der Waals surface area contributed by atoms with E-state index in [1.807, 2.05) is 13.1 Å². The summed E-state index contributed by atoms with van der Waals surface area (Å²) < 4.78 is 1.79. The average molecular weight is 224 g/mol. The van der Waals surface area contributed by atoms with Crippen LogP contribution in [-0.2, 0) is 18.4 Å². The van der Waals surface area contributed by atoms with Gasteiger partial charge in [-0.1, -0.05) is 13.8 Å². The van der Waals surface area contributed by atoms with Crippen LogP contribution in [0.15, 0.2) is 12.3 Å². The quantitative estimate of drug-likeness (QED) is 0.730. The maximum Gasteiger partial charge on any atom is 0.233 e. The molecule has 0 saturated carbocycles. The number of aryl methyl sites for hydroxylation is 1. The molecule has 1 rings (SSSR count). The van der Waals surface area contributed by atoms with Crippen molar-refractivity contribution in [1.82, 2.24) is 20.4 Å². The Balaban J connectivity index is 2.16. The van der Waals surface area contributed by atoms with Crippen LogP contribution in [-0.4, -0.2) is 28.8 Å². The van der Waals surface area contributed by atoms with Gasteiger partial charge in [-0.3, -0.25) is 9.48 Å². The smallest absolute Gasteiger partial charge is 0.233 e. The lowest BCUT2D eigenvalue weighted by Gasteiger charge is -2.08. The predicted molar refractivity (Wildman–Crippen MR) is 62.8 cm³/mol.